The van der Waals surface area contributed by atoms with Crippen LogP contribution in [0.3, 0.4) is 0 Å². The van der Waals surface area contributed by atoms with Crippen molar-refractivity contribution >= 4 is 6.08 Å². The van der Waals surface area contributed by atoms with Crippen molar-refractivity contribution in [3.8, 4) is 11.5 Å². The van der Waals surface area contributed by atoms with Gasteiger partial charge in [0.05, 0.1) is 14.2 Å². The molecule has 0 radical (unpaired) electrons. The van der Waals surface area contributed by atoms with E-state index in [9.17, 15) is 0 Å². The number of aliphatic hydroxyl groups excluding tert-OH is 1. The molecule has 1 N–H and O–H groups in total. The normalized spacial score (nSPS) is 9.80. The van der Waals surface area contributed by atoms with E-state index < -0.39 is 0 Å². The highest BCUT2D eigenvalue weighted by Crippen LogP contribution is 2.31. The third kappa shape index (κ3) is 2.50. The fraction of sp³-hybridized carbons (Fsp3) is 0.333. The molecule has 0 heterocycles. The zero-order valence-corrected chi connectivity index (χ0v) is 9.12. The van der Waals surface area contributed by atoms with Gasteiger partial charge in [0.25, 0.3) is 0 Å². The van der Waals surface area contributed by atoms with Gasteiger partial charge in [0.15, 0.2) is 11.5 Å². The summed E-state index contributed by atoms with van der Waals surface area (Å²) in [5.41, 5.74) is 1.96. The molecular weight excluding hydrogens is 192 g/mol. The predicted octanol–water partition coefficient (Wildman–Crippen LogP) is 1.88. The van der Waals surface area contributed by atoms with Crippen LogP contribution in [0.4, 0.5) is 0 Å². The molecule has 1 rings (SSSR count). The lowest BCUT2D eigenvalue weighted by Crippen LogP contribution is -1.98. The monoisotopic (exact) mass is 208 g/mol. The number of benzene rings is 1. The summed E-state index contributed by atoms with van der Waals surface area (Å²) in [4.78, 5) is 0. The van der Waals surface area contributed by atoms with Gasteiger partial charge in [-0.3, -0.25) is 0 Å². The van der Waals surface area contributed by atoms with E-state index in [4.69, 9.17) is 14.6 Å². The molecule has 82 valence electrons. The fourth-order valence-electron chi connectivity index (χ4n) is 1.46. The summed E-state index contributed by atoms with van der Waals surface area (Å²) in [6, 6.07) is 3.73. The summed E-state index contributed by atoms with van der Waals surface area (Å²) in [5.74, 6) is 1.35. The van der Waals surface area contributed by atoms with Crippen LogP contribution in [0.5, 0.6) is 11.5 Å². The van der Waals surface area contributed by atoms with Gasteiger partial charge < -0.3 is 14.6 Å². The van der Waals surface area contributed by atoms with Crippen LogP contribution in [-0.4, -0.2) is 25.9 Å². The third-order valence-electron chi connectivity index (χ3n) is 2.25. The van der Waals surface area contributed by atoms with Gasteiger partial charge in [-0.15, -0.1) is 0 Å². The maximum atomic E-state index is 8.92. The van der Waals surface area contributed by atoms with Gasteiger partial charge in [-0.1, -0.05) is 12.7 Å². The second-order valence-electron chi connectivity index (χ2n) is 3.08. The minimum atomic E-state index is 0.107. The lowest BCUT2D eigenvalue weighted by molar-refractivity contribution is 0.299. The van der Waals surface area contributed by atoms with E-state index in [1.807, 2.05) is 12.1 Å². The van der Waals surface area contributed by atoms with Crippen molar-refractivity contribution in [1.29, 1.82) is 0 Å². The van der Waals surface area contributed by atoms with Crippen LogP contribution in [0.15, 0.2) is 18.7 Å². The van der Waals surface area contributed by atoms with Crippen LogP contribution < -0.4 is 9.47 Å². The molecule has 0 bridgehead atoms. The first-order valence-corrected chi connectivity index (χ1v) is 4.75. The lowest BCUT2D eigenvalue weighted by atomic mass is 10.0. The maximum absolute atomic E-state index is 8.92. The predicted molar refractivity (Wildman–Crippen MR) is 60.4 cm³/mol. The van der Waals surface area contributed by atoms with Crippen molar-refractivity contribution in [3.63, 3.8) is 0 Å². The van der Waals surface area contributed by atoms with Crippen molar-refractivity contribution in [2.75, 3.05) is 20.8 Å². The van der Waals surface area contributed by atoms with Gasteiger partial charge in [-0.25, -0.2) is 0 Å². The van der Waals surface area contributed by atoms with Crippen molar-refractivity contribution < 1.29 is 14.6 Å². The van der Waals surface area contributed by atoms with E-state index in [1.54, 1.807) is 20.3 Å². The molecule has 0 saturated heterocycles. The standard InChI is InChI=1S/C12H16O3/c1-4-9-7-11(14-2)12(15-3)8-10(9)5-6-13/h4,7-8,13H,1,5-6H2,2-3H3. The Bertz CT molecular complexity index is 345. The van der Waals surface area contributed by atoms with Gasteiger partial charge in [-0.2, -0.15) is 0 Å². The number of methoxy groups -OCH3 is 2. The van der Waals surface area contributed by atoms with Crippen molar-refractivity contribution in [1.82, 2.24) is 0 Å². The van der Waals surface area contributed by atoms with Crippen LogP contribution in [0.2, 0.25) is 0 Å². The highest BCUT2D eigenvalue weighted by atomic mass is 16.5. The Morgan fingerprint density at radius 2 is 1.87 bits per heavy atom. The third-order valence-corrected chi connectivity index (χ3v) is 2.25. The lowest BCUT2D eigenvalue weighted by Gasteiger charge is -2.12. The van der Waals surface area contributed by atoms with Crippen LogP contribution in [-0.2, 0) is 6.42 Å². The topological polar surface area (TPSA) is 38.7 Å². The maximum Gasteiger partial charge on any atom is 0.161 e. The molecule has 0 fully saturated rings. The fourth-order valence-corrected chi connectivity index (χ4v) is 1.46. The molecule has 0 unspecified atom stereocenters. The van der Waals surface area contributed by atoms with Crippen molar-refractivity contribution in [2.45, 2.75) is 6.42 Å². The summed E-state index contributed by atoms with van der Waals surface area (Å²) in [6.45, 7) is 3.83. The van der Waals surface area contributed by atoms with Crippen molar-refractivity contribution in [2.24, 2.45) is 0 Å². The van der Waals surface area contributed by atoms with Crippen molar-refractivity contribution in [3.05, 3.63) is 29.8 Å². The van der Waals surface area contributed by atoms with Crippen LogP contribution >= 0.6 is 0 Å². The average molecular weight is 208 g/mol. The number of hydrogen-bond acceptors (Lipinski definition) is 3. The zero-order chi connectivity index (χ0) is 11.3. The van der Waals surface area contributed by atoms with Gasteiger partial charge >= 0.3 is 0 Å². The number of ether oxygens (including phenoxy) is 2. The van der Waals surface area contributed by atoms with Crippen LogP contribution in [0, 0.1) is 0 Å². The van der Waals surface area contributed by atoms with E-state index in [0.717, 1.165) is 11.1 Å². The Morgan fingerprint density at radius 3 is 2.33 bits per heavy atom. The first kappa shape index (κ1) is 11.6. The van der Waals surface area contributed by atoms with Crippen LogP contribution in [0.1, 0.15) is 11.1 Å². The molecule has 1 aromatic carbocycles. The van der Waals surface area contributed by atoms with Gasteiger partial charge in [0.2, 0.25) is 0 Å². The summed E-state index contributed by atoms with van der Waals surface area (Å²) < 4.78 is 10.4. The van der Waals surface area contributed by atoms with E-state index in [-0.39, 0.29) is 6.61 Å². The summed E-state index contributed by atoms with van der Waals surface area (Å²) >= 11 is 0. The highest BCUT2D eigenvalue weighted by molar-refractivity contribution is 5.59. The molecule has 0 aliphatic carbocycles. The minimum Gasteiger partial charge on any atom is -0.493 e. The summed E-state index contributed by atoms with van der Waals surface area (Å²) in [6.07, 6.45) is 2.33. The van der Waals surface area contributed by atoms with Gasteiger partial charge in [-0.05, 0) is 29.7 Å². The SMILES string of the molecule is C=Cc1cc(OC)c(OC)cc1CCO. The number of hydrogen-bond donors (Lipinski definition) is 1. The molecular formula is C12H16O3. The minimum absolute atomic E-state index is 0.107. The molecule has 3 heteroatoms. The smallest absolute Gasteiger partial charge is 0.161 e. The second-order valence-corrected chi connectivity index (χ2v) is 3.08. The molecule has 1 aromatic rings. The Kier molecular flexibility index (Phi) is 4.18. The average Bonchev–Trinajstić information content (AvgIpc) is 2.28. The first-order valence-electron chi connectivity index (χ1n) is 4.75. The molecule has 0 aliphatic heterocycles. The number of rotatable bonds is 5. The molecule has 0 atom stereocenters. The van der Waals surface area contributed by atoms with E-state index in [0.29, 0.717) is 17.9 Å². The quantitative estimate of drug-likeness (QED) is 0.803. The van der Waals surface area contributed by atoms with Gasteiger partial charge in [0, 0.05) is 6.61 Å². The highest BCUT2D eigenvalue weighted by Gasteiger charge is 2.08. The zero-order valence-electron chi connectivity index (χ0n) is 9.12. The van der Waals surface area contributed by atoms with Gasteiger partial charge in [0.1, 0.15) is 0 Å². The Hall–Kier alpha value is -1.48. The molecule has 3 nitrogen and oxygen atoms in total. The molecule has 0 saturated carbocycles. The molecule has 0 amide bonds. The number of aliphatic hydroxyl groups is 1. The Balaban J connectivity index is 3.20. The Morgan fingerprint density at radius 1 is 1.27 bits per heavy atom. The summed E-state index contributed by atoms with van der Waals surface area (Å²) in [5, 5.41) is 8.92. The van der Waals surface area contributed by atoms with E-state index >= 15 is 0 Å². The first-order chi connectivity index (χ1) is 7.26. The molecule has 0 aliphatic rings. The Labute approximate surface area is 90.0 Å². The van der Waals surface area contributed by atoms with E-state index in [2.05, 4.69) is 6.58 Å². The molecule has 0 aromatic heterocycles. The summed E-state index contributed by atoms with van der Waals surface area (Å²) in [7, 11) is 3.19. The molecule has 15 heavy (non-hydrogen) atoms. The van der Waals surface area contributed by atoms with Crippen LogP contribution in [0.25, 0.3) is 6.08 Å². The molecule has 0 spiro atoms. The largest absolute Gasteiger partial charge is 0.493 e. The van der Waals surface area contributed by atoms with E-state index in [1.165, 1.54) is 0 Å². The second kappa shape index (κ2) is 5.41.